The molecule has 1 aromatic carbocycles. The van der Waals surface area contributed by atoms with Gasteiger partial charge in [-0.1, -0.05) is 29.8 Å². The fourth-order valence-corrected chi connectivity index (χ4v) is 5.63. The maximum absolute atomic E-state index is 12.5. The summed E-state index contributed by atoms with van der Waals surface area (Å²) >= 11 is 6.81. The van der Waals surface area contributed by atoms with Gasteiger partial charge in [-0.05, 0) is 24.3 Å². The lowest BCUT2D eigenvalue weighted by atomic mass is 10.2. The zero-order valence-electron chi connectivity index (χ0n) is 14.3. The molecule has 0 spiro atoms. The molecule has 1 aromatic heterocycles. The highest BCUT2D eigenvalue weighted by atomic mass is 35.5. The number of anilines is 1. The number of amides is 1. The minimum absolute atomic E-state index is 0.145. The van der Waals surface area contributed by atoms with E-state index in [2.05, 4.69) is 4.90 Å². The molecule has 1 amide bonds. The van der Waals surface area contributed by atoms with E-state index in [0.717, 1.165) is 34.4 Å². The molecule has 26 heavy (non-hydrogen) atoms. The highest BCUT2D eigenvalue weighted by molar-refractivity contribution is 7.91. The van der Waals surface area contributed by atoms with Gasteiger partial charge in [-0.15, -0.1) is 11.3 Å². The molecular weight excluding hydrogens is 394 g/mol. The molecule has 1 saturated heterocycles. The summed E-state index contributed by atoms with van der Waals surface area (Å²) in [6, 6.07) is 13.0. The van der Waals surface area contributed by atoms with E-state index in [1.807, 2.05) is 30.3 Å². The van der Waals surface area contributed by atoms with Crippen LogP contribution in [0.1, 0.15) is 0 Å². The van der Waals surface area contributed by atoms with Gasteiger partial charge in [0.25, 0.3) is 10.0 Å². The molecule has 2 aromatic rings. The van der Waals surface area contributed by atoms with Crippen LogP contribution in [0.4, 0.5) is 5.69 Å². The first kappa shape index (κ1) is 19.2. The second kappa shape index (κ2) is 7.96. The molecule has 3 rings (SSSR count). The third kappa shape index (κ3) is 4.20. The van der Waals surface area contributed by atoms with Crippen LogP contribution in [0.3, 0.4) is 0 Å². The van der Waals surface area contributed by atoms with Gasteiger partial charge in [0.1, 0.15) is 4.21 Å². The summed E-state index contributed by atoms with van der Waals surface area (Å²) in [5, 5.41) is 0. The van der Waals surface area contributed by atoms with Crippen LogP contribution in [0.5, 0.6) is 0 Å². The number of sulfonamides is 1. The molecule has 0 aliphatic carbocycles. The molecule has 1 fully saturated rings. The third-order valence-electron chi connectivity index (χ3n) is 4.32. The Balaban J connectivity index is 1.57. The fraction of sp³-hybridized carbons (Fsp3) is 0.353. The Morgan fingerprint density at radius 1 is 1.12 bits per heavy atom. The van der Waals surface area contributed by atoms with Crippen molar-refractivity contribution in [2.45, 2.75) is 4.21 Å². The van der Waals surface area contributed by atoms with Gasteiger partial charge in [0, 0.05) is 38.9 Å². The summed E-state index contributed by atoms with van der Waals surface area (Å²) in [5.41, 5.74) is 1.13. The number of nitrogens with zero attached hydrogens (tertiary/aromatic N) is 3. The first-order valence-corrected chi connectivity index (χ1v) is 10.8. The van der Waals surface area contributed by atoms with Gasteiger partial charge in [0.15, 0.2) is 0 Å². The van der Waals surface area contributed by atoms with Gasteiger partial charge in [-0.2, -0.15) is 4.31 Å². The maximum Gasteiger partial charge on any atom is 0.252 e. The number of hydrogen-bond donors (Lipinski definition) is 0. The van der Waals surface area contributed by atoms with Crippen LogP contribution >= 0.6 is 22.9 Å². The largest absolute Gasteiger partial charge is 0.368 e. The number of carbonyl (C=O) groups excluding carboxylic acids is 1. The molecule has 0 N–H and O–H groups in total. The first-order valence-electron chi connectivity index (χ1n) is 8.17. The first-order chi connectivity index (χ1) is 12.4. The Morgan fingerprint density at radius 3 is 2.35 bits per heavy atom. The Labute approximate surface area is 162 Å². The number of para-hydroxylation sites is 1. The minimum Gasteiger partial charge on any atom is -0.368 e. The van der Waals surface area contributed by atoms with Gasteiger partial charge >= 0.3 is 0 Å². The van der Waals surface area contributed by atoms with Crippen molar-refractivity contribution in [2.75, 3.05) is 44.7 Å². The van der Waals surface area contributed by atoms with Crippen LogP contribution in [-0.2, 0) is 14.8 Å². The predicted octanol–water partition coefficient (Wildman–Crippen LogP) is 2.37. The van der Waals surface area contributed by atoms with E-state index in [1.54, 1.807) is 4.90 Å². The second-order valence-electron chi connectivity index (χ2n) is 6.02. The molecule has 140 valence electrons. The van der Waals surface area contributed by atoms with Crippen LogP contribution < -0.4 is 4.90 Å². The average molecular weight is 414 g/mol. The summed E-state index contributed by atoms with van der Waals surface area (Å²) in [4.78, 5) is 16.4. The highest BCUT2D eigenvalue weighted by Crippen LogP contribution is 2.27. The number of piperazine rings is 1. The van der Waals surface area contributed by atoms with Crippen molar-refractivity contribution < 1.29 is 13.2 Å². The van der Waals surface area contributed by atoms with Crippen molar-refractivity contribution in [2.24, 2.45) is 0 Å². The normalized spacial score (nSPS) is 15.5. The van der Waals surface area contributed by atoms with Gasteiger partial charge < -0.3 is 9.80 Å². The van der Waals surface area contributed by atoms with Gasteiger partial charge in [0.2, 0.25) is 5.91 Å². The quantitative estimate of drug-likeness (QED) is 0.755. The molecule has 9 heteroatoms. The zero-order valence-corrected chi connectivity index (χ0v) is 16.7. The molecule has 0 bridgehead atoms. The summed E-state index contributed by atoms with van der Waals surface area (Å²) in [5.74, 6) is -0.188. The smallest absolute Gasteiger partial charge is 0.252 e. The number of benzene rings is 1. The van der Waals surface area contributed by atoms with Crippen molar-refractivity contribution in [1.29, 1.82) is 0 Å². The molecule has 6 nitrogen and oxygen atoms in total. The van der Waals surface area contributed by atoms with Gasteiger partial charge in [-0.3, -0.25) is 4.79 Å². The lowest BCUT2D eigenvalue weighted by Gasteiger charge is -2.36. The van der Waals surface area contributed by atoms with Crippen LogP contribution in [0.2, 0.25) is 4.34 Å². The molecule has 2 heterocycles. The monoisotopic (exact) mass is 413 g/mol. The number of likely N-dealkylation sites (N-methyl/N-ethyl adjacent to an activating group) is 1. The van der Waals surface area contributed by atoms with Crippen LogP contribution in [-0.4, -0.2) is 63.3 Å². The minimum atomic E-state index is -3.70. The zero-order chi connectivity index (χ0) is 18.7. The van der Waals surface area contributed by atoms with E-state index < -0.39 is 10.0 Å². The number of rotatable bonds is 5. The standard InChI is InChI=1S/C17H20ClN3O3S2/c1-19(26(23,24)17-8-7-15(18)25-17)13-16(22)21-11-9-20(10-12-21)14-5-3-2-4-6-14/h2-8H,9-13H2,1H3. The van der Waals surface area contributed by atoms with E-state index in [9.17, 15) is 13.2 Å². The lowest BCUT2D eigenvalue weighted by molar-refractivity contribution is -0.131. The van der Waals surface area contributed by atoms with Gasteiger partial charge in [0.05, 0.1) is 10.9 Å². The molecule has 1 aliphatic heterocycles. The summed E-state index contributed by atoms with van der Waals surface area (Å²) in [6.45, 7) is 2.43. The molecule has 0 saturated carbocycles. The van der Waals surface area contributed by atoms with Crippen LogP contribution in [0.15, 0.2) is 46.7 Å². The molecule has 0 atom stereocenters. The highest BCUT2D eigenvalue weighted by Gasteiger charge is 2.28. The number of hydrogen-bond acceptors (Lipinski definition) is 5. The van der Waals surface area contributed by atoms with E-state index in [0.29, 0.717) is 17.4 Å². The molecular formula is C17H20ClN3O3S2. The topological polar surface area (TPSA) is 60.9 Å². The summed E-state index contributed by atoms with van der Waals surface area (Å²) in [6.07, 6.45) is 0. The van der Waals surface area contributed by atoms with Crippen LogP contribution in [0.25, 0.3) is 0 Å². The average Bonchev–Trinajstić information content (AvgIpc) is 3.09. The Hall–Kier alpha value is -1.61. The molecule has 0 radical (unpaired) electrons. The number of carbonyl (C=O) groups is 1. The van der Waals surface area contributed by atoms with Crippen molar-refractivity contribution in [1.82, 2.24) is 9.21 Å². The Kier molecular flexibility index (Phi) is 5.86. The second-order valence-corrected chi connectivity index (χ2v) is 10.0. The van der Waals surface area contributed by atoms with Crippen molar-refractivity contribution >= 4 is 44.6 Å². The number of halogens is 1. The van der Waals surface area contributed by atoms with Crippen molar-refractivity contribution in [3.63, 3.8) is 0 Å². The Bertz CT molecular complexity index is 862. The maximum atomic E-state index is 12.5. The van der Waals surface area contributed by atoms with Crippen LogP contribution in [0, 0.1) is 0 Å². The van der Waals surface area contributed by atoms with E-state index in [4.69, 9.17) is 11.6 Å². The van der Waals surface area contributed by atoms with E-state index in [-0.39, 0.29) is 16.7 Å². The molecule has 1 aliphatic rings. The Morgan fingerprint density at radius 2 is 1.77 bits per heavy atom. The van der Waals surface area contributed by atoms with Gasteiger partial charge in [-0.25, -0.2) is 8.42 Å². The summed E-state index contributed by atoms with van der Waals surface area (Å²) in [7, 11) is -2.28. The SMILES string of the molecule is CN(CC(=O)N1CCN(c2ccccc2)CC1)S(=O)(=O)c1ccc(Cl)s1. The fourth-order valence-electron chi connectivity index (χ4n) is 2.82. The summed E-state index contributed by atoms with van der Waals surface area (Å²) < 4.78 is 26.6. The predicted molar refractivity (Wildman–Crippen MR) is 104 cm³/mol. The third-order valence-corrected chi connectivity index (χ3v) is 7.83. The molecule has 0 unspecified atom stereocenters. The van der Waals surface area contributed by atoms with Crippen molar-refractivity contribution in [3.05, 3.63) is 46.8 Å². The van der Waals surface area contributed by atoms with E-state index >= 15 is 0 Å². The number of thiophene rings is 1. The lowest BCUT2D eigenvalue weighted by Crippen LogP contribution is -2.51. The van der Waals surface area contributed by atoms with Crippen molar-refractivity contribution in [3.8, 4) is 0 Å². The van der Waals surface area contributed by atoms with E-state index in [1.165, 1.54) is 19.2 Å².